The number of ether oxygens (including phenoxy) is 3. The fourth-order valence-electron chi connectivity index (χ4n) is 2.36. The predicted octanol–water partition coefficient (Wildman–Crippen LogP) is 1.53. The maximum Gasteiger partial charge on any atom is 0.257 e. The molecule has 0 aromatic heterocycles. The second-order valence-electron chi connectivity index (χ2n) is 5.63. The minimum absolute atomic E-state index is 0.0882. The molecule has 0 radical (unpaired) electrons. The summed E-state index contributed by atoms with van der Waals surface area (Å²) >= 11 is 5.15. The van der Waals surface area contributed by atoms with E-state index in [0.29, 0.717) is 23.2 Å². The highest BCUT2D eigenvalue weighted by Crippen LogP contribution is 2.32. The highest BCUT2D eigenvalue weighted by molar-refractivity contribution is 7.80. The van der Waals surface area contributed by atoms with Gasteiger partial charge in [-0.3, -0.25) is 15.6 Å². The summed E-state index contributed by atoms with van der Waals surface area (Å²) in [5.74, 6) is 1.90. The summed E-state index contributed by atoms with van der Waals surface area (Å²) < 4.78 is 15.7. The van der Waals surface area contributed by atoms with Crippen LogP contribution in [0.3, 0.4) is 0 Å². The lowest BCUT2D eigenvalue weighted by Gasteiger charge is -2.13. The van der Waals surface area contributed by atoms with Gasteiger partial charge in [-0.15, -0.1) is 0 Å². The second-order valence-corrected chi connectivity index (χ2v) is 6.04. The van der Waals surface area contributed by atoms with Gasteiger partial charge in [-0.05, 0) is 42.0 Å². The van der Waals surface area contributed by atoms with E-state index in [0.717, 1.165) is 17.0 Å². The molecule has 0 unspecified atom stereocenters. The van der Waals surface area contributed by atoms with Gasteiger partial charge >= 0.3 is 0 Å². The molecule has 142 valence electrons. The summed E-state index contributed by atoms with van der Waals surface area (Å²) in [6, 6.07) is 13.0. The summed E-state index contributed by atoms with van der Waals surface area (Å²) in [4.78, 5) is 11.9. The van der Waals surface area contributed by atoms with Crippen LogP contribution in [0.5, 0.6) is 17.2 Å². The number of hydrazine groups is 1. The van der Waals surface area contributed by atoms with E-state index in [2.05, 4.69) is 21.5 Å². The van der Waals surface area contributed by atoms with Gasteiger partial charge in [-0.1, -0.05) is 12.1 Å². The molecule has 0 saturated heterocycles. The fourth-order valence-corrected chi connectivity index (χ4v) is 2.49. The number of amides is 1. The monoisotopic (exact) mass is 388 g/mol. The van der Waals surface area contributed by atoms with Crippen LogP contribution in [-0.2, 0) is 11.3 Å². The third kappa shape index (κ3) is 5.38. The predicted molar refractivity (Wildman–Crippen MR) is 105 cm³/mol. The average Bonchev–Trinajstić information content (AvgIpc) is 3.17. The molecule has 0 atom stereocenters. The first kappa shape index (κ1) is 18.6. The van der Waals surface area contributed by atoms with Crippen LogP contribution in [0.4, 0.5) is 5.69 Å². The minimum Gasteiger partial charge on any atom is -0.497 e. The van der Waals surface area contributed by atoms with Crippen LogP contribution in [0.1, 0.15) is 5.56 Å². The van der Waals surface area contributed by atoms with E-state index in [-0.39, 0.29) is 19.2 Å². The van der Waals surface area contributed by atoms with Crippen molar-refractivity contribution < 1.29 is 19.0 Å². The van der Waals surface area contributed by atoms with Crippen molar-refractivity contribution in [1.29, 1.82) is 0 Å². The molecule has 3 rings (SSSR count). The number of methoxy groups -OCH3 is 1. The van der Waals surface area contributed by atoms with E-state index in [1.54, 1.807) is 13.2 Å². The molecule has 0 fully saturated rings. The van der Waals surface area contributed by atoms with Gasteiger partial charge in [0.05, 0.1) is 13.7 Å². The molecule has 9 heteroatoms. The molecule has 1 amide bonds. The van der Waals surface area contributed by atoms with Crippen molar-refractivity contribution in [3.8, 4) is 17.2 Å². The lowest BCUT2D eigenvalue weighted by molar-refractivity contribution is -0.119. The van der Waals surface area contributed by atoms with Gasteiger partial charge < -0.3 is 24.8 Å². The summed E-state index contributed by atoms with van der Waals surface area (Å²) in [7, 11) is 1.59. The molecular formula is C18H20N4O4S. The van der Waals surface area contributed by atoms with E-state index in [9.17, 15) is 4.79 Å². The molecule has 1 aliphatic heterocycles. The number of carbonyl (C=O) groups is 1. The topological polar surface area (TPSA) is 92.9 Å². The van der Waals surface area contributed by atoms with Crippen LogP contribution < -0.4 is 35.7 Å². The van der Waals surface area contributed by atoms with Crippen molar-refractivity contribution in [1.82, 2.24) is 16.2 Å². The van der Waals surface area contributed by atoms with Crippen molar-refractivity contribution in [2.75, 3.05) is 25.8 Å². The van der Waals surface area contributed by atoms with Crippen molar-refractivity contribution in [3.63, 3.8) is 0 Å². The molecule has 1 aliphatic rings. The minimum atomic E-state index is -0.259. The van der Waals surface area contributed by atoms with Gasteiger partial charge in [0, 0.05) is 18.3 Å². The quantitative estimate of drug-likeness (QED) is 0.437. The van der Waals surface area contributed by atoms with Crippen molar-refractivity contribution in [2.45, 2.75) is 6.54 Å². The Kier molecular flexibility index (Phi) is 6.16. The zero-order chi connectivity index (χ0) is 19.1. The highest BCUT2D eigenvalue weighted by Gasteiger charge is 2.13. The first-order valence-corrected chi connectivity index (χ1v) is 8.64. The van der Waals surface area contributed by atoms with Gasteiger partial charge in [0.25, 0.3) is 5.91 Å². The Morgan fingerprint density at radius 3 is 2.85 bits per heavy atom. The number of hydrogen-bond donors (Lipinski definition) is 4. The molecule has 0 aliphatic carbocycles. The Bertz CT molecular complexity index is 831. The van der Waals surface area contributed by atoms with E-state index < -0.39 is 0 Å². The number of carbonyl (C=O) groups excluding carboxylic acids is 1. The Labute approximate surface area is 162 Å². The van der Waals surface area contributed by atoms with Crippen LogP contribution in [0, 0.1) is 0 Å². The Hall–Kier alpha value is -3.20. The zero-order valence-electron chi connectivity index (χ0n) is 14.7. The molecule has 0 spiro atoms. The summed E-state index contributed by atoms with van der Waals surface area (Å²) in [6.45, 7) is 0.813. The summed E-state index contributed by atoms with van der Waals surface area (Å²) in [5.41, 5.74) is 6.96. The number of rotatable bonds is 6. The van der Waals surface area contributed by atoms with Crippen molar-refractivity contribution >= 4 is 28.9 Å². The van der Waals surface area contributed by atoms with Gasteiger partial charge in [-0.25, -0.2) is 0 Å². The third-order valence-corrected chi connectivity index (χ3v) is 3.97. The number of anilines is 1. The lowest BCUT2D eigenvalue weighted by Crippen LogP contribution is -2.48. The number of benzene rings is 2. The molecule has 4 N–H and O–H groups in total. The second kappa shape index (κ2) is 8.95. The largest absolute Gasteiger partial charge is 0.497 e. The number of fused-ring (bicyclic) bond motifs is 1. The summed E-state index contributed by atoms with van der Waals surface area (Å²) in [5, 5.41) is 6.32. The van der Waals surface area contributed by atoms with Gasteiger partial charge in [0.15, 0.2) is 16.6 Å². The van der Waals surface area contributed by atoms with Crippen LogP contribution in [0.25, 0.3) is 0 Å². The average molecular weight is 388 g/mol. The van der Waals surface area contributed by atoms with Crippen LogP contribution in [-0.4, -0.2) is 31.5 Å². The SMILES string of the molecule is COc1cccc(NCC(=O)NNC(=S)NCc2ccc3c(c2)OCO3)c1. The van der Waals surface area contributed by atoms with Crippen LogP contribution in [0.2, 0.25) is 0 Å². The molecule has 0 bridgehead atoms. The van der Waals surface area contributed by atoms with Crippen LogP contribution >= 0.6 is 12.2 Å². The van der Waals surface area contributed by atoms with Crippen molar-refractivity contribution in [3.05, 3.63) is 48.0 Å². The van der Waals surface area contributed by atoms with Crippen LogP contribution in [0.15, 0.2) is 42.5 Å². The van der Waals surface area contributed by atoms with E-state index in [4.69, 9.17) is 26.4 Å². The number of nitrogens with one attached hydrogen (secondary N) is 4. The molecule has 0 saturated carbocycles. The smallest absolute Gasteiger partial charge is 0.257 e. The van der Waals surface area contributed by atoms with E-state index in [1.807, 2.05) is 36.4 Å². The van der Waals surface area contributed by atoms with E-state index in [1.165, 1.54) is 0 Å². The fraction of sp³-hybridized carbons (Fsp3) is 0.222. The van der Waals surface area contributed by atoms with Gasteiger partial charge in [0.2, 0.25) is 6.79 Å². The summed E-state index contributed by atoms with van der Waals surface area (Å²) in [6.07, 6.45) is 0. The Morgan fingerprint density at radius 1 is 1.15 bits per heavy atom. The first-order chi connectivity index (χ1) is 13.1. The molecule has 1 heterocycles. The lowest BCUT2D eigenvalue weighted by atomic mass is 10.2. The zero-order valence-corrected chi connectivity index (χ0v) is 15.5. The highest BCUT2D eigenvalue weighted by atomic mass is 32.1. The number of thiocarbonyl (C=S) groups is 1. The molecule has 8 nitrogen and oxygen atoms in total. The van der Waals surface area contributed by atoms with Gasteiger partial charge in [0.1, 0.15) is 5.75 Å². The maximum atomic E-state index is 11.9. The first-order valence-electron chi connectivity index (χ1n) is 8.23. The van der Waals surface area contributed by atoms with Crippen molar-refractivity contribution in [2.24, 2.45) is 0 Å². The van der Waals surface area contributed by atoms with Gasteiger partial charge in [-0.2, -0.15) is 0 Å². The molecule has 2 aromatic rings. The molecular weight excluding hydrogens is 368 g/mol. The molecule has 2 aromatic carbocycles. The third-order valence-electron chi connectivity index (χ3n) is 3.73. The molecule has 27 heavy (non-hydrogen) atoms. The normalized spacial score (nSPS) is 11.4. The Balaban J connectivity index is 1.36. The Morgan fingerprint density at radius 2 is 2.00 bits per heavy atom. The van der Waals surface area contributed by atoms with E-state index >= 15 is 0 Å². The number of hydrogen-bond acceptors (Lipinski definition) is 6. The maximum absolute atomic E-state index is 11.9. The standard InChI is InChI=1S/C18H20N4O4S/c1-24-14-4-2-3-13(8-14)19-10-17(23)21-22-18(27)20-9-12-5-6-15-16(7-12)26-11-25-15/h2-8,19H,9-11H2,1H3,(H,21,23)(H2,20,22,27).